The van der Waals surface area contributed by atoms with Crippen molar-refractivity contribution in [1.82, 2.24) is 0 Å². The van der Waals surface area contributed by atoms with Gasteiger partial charge < -0.3 is 20.1 Å². The summed E-state index contributed by atoms with van der Waals surface area (Å²) in [6.07, 6.45) is 23.0. The minimum Gasteiger partial charge on any atom is -0.390 e. The fraction of sp³-hybridized carbons (Fsp3) is 1.00. The second-order valence-corrected chi connectivity index (χ2v) is 10.2. The predicted octanol–water partition coefficient (Wildman–Crippen LogP) is 5.27. The van der Waals surface area contributed by atoms with E-state index in [1.807, 2.05) is 0 Å². The Kier molecular flexibility index (Phi) is 18.5. The molecule has 0 rings (SSSR count). The molecule has 0 heterocycles. The Hall–Kier alpha value is 0.0569. The molecule has 0 saturated heterocycles. The number of unbranched alkanes of at least 4 members (excludes halogenated alkanes) is 14. The quantitative estimate of drug-likeness (QED) is 0.169. The fourth-order valence-electron chi connectivity index (χ4n) is 3.52. The maximum absolute atomic E-state index is 8.96. The first-order chi connectivity index (χ1) is 12.5. The van der Waals surface area contributed by atoms with E-state index in [2.05, 4.69) is 6.92 Å². The Balaban J connectivity index is 3.15. The molecule has 0 bridgehead atoms. The van der Waals surface area contributed by atoms with Crippen molar-refractivity contribution in [2.45, 2.75) is 135 Å². The summed E-state index contributed by atoms with van der Waals surface area (Å²) in [4.78, 5) is 26.9. The highest BCUT2D eigenvalue weighted by Crippen LogP contribution is 2.15. The molecular formula is C21H47NO3Si. The largest absolute Gasteiger partial charge is 0.492 e. The number of rotatable bonds is 20. The first-order valence-corrected chi connectivity index (χ1v) is 13.4. The monoisotopic (exact) mass is 389 g/mol. The smallest absolute Gasteiger partial charge is 0.390 e. The van der Waals surface area contributed by atoms with E-state index in [4.69, 9.17) is 20.1 Å². The maximum Gasteiger partial charge on any atom is 0.492 e. The molecule has 1 atom stereocenters. The molecule has 0 saturated carbocycles. The summed E-state index contributed by atoms with van der Waals surface area (Å²) in [6, 6.07) is 0.243. The molecule has 0 aromatic heterocycles. The van der Waals surface area contributed by atoms with Gasteiger partial charge in [-0.3, -0.25) is 0 Å². The fourth-order valence-corrected chi connectivity index (χ4v) is 4.20. The Morgan fingerprint density at radius 3 is 1.31 bits per heavy atom. The van der Waals surface area contributed by atoms with Crippen LogP contribution in [0.15, 0.2) is 0 Å². The molecular weight excluding hydrogens is 342 g/mol. The van der Waals surface area contributed by atoms with Gasteiger partial charge in [-0.05, 0) is 19.3 Å². The van der Waals surface area contributed by atoms with Crippen LogP contribution in [0.2, 0.25) is 6.04 Å². The number of nitrogens with two attached hydrogens (primary N) is 1. The van der Waals surface area contributed by atoms with Gasteiger partial charge in [-0.2, -0.15) is 0 Å². The Labute approximate surface area is 164 Å². The van der Waals surface area contributed by atoms with E-state index < -0.39 is 8.80 Å². The lowest BCUT2D eigenvalue weighted by Crippen LogP contribution is -2.34. The molecule has 0 aliphatic rings. The van der Waals surface area contributed by atoms with Gasteiger partial charge in [0.1, 0.15) is 0 Å². The summed E-state index contributed by atoms with van der Waals surface area (Å²) in [5.74, 6) is 0. The van der Waals surface area contributed by atoms with Crippen LogP contribution in [0.3, 0.4) is 0 Å². The van der Waals surface area contributed by atoms with Crippen LogP contribution in [-0.4, -0.2) is 29.2 Å². The average Bonchev–Trinajstić information content (AvgIpc) is 2.57. The van der Waals surface area contributed by atoms with Crippen molar-refractivity contribution in [3.8, 4) is 0 Å². The topological polar surface area (TPSA) is 86.7 Å². The molecule has 5 heteroatoms. The lowest BCUT2D eigenvalue weighted by Gasteiger charge is -2.13. The van der Waals surface area contributed by atoms with Gasteiger partial charge in [0.2, 0.25) is 0 Å². The van der Waals surface area contributed by atoms with Crippen LogP contribution in [-0.2, 0) is 0 Å². The minimum atomic E-state index is -3.85. The summed E-state index contributed by atoms with van der Waals surface area (Å²) in [6.45, 7) is 2.27. The SMILES string of the molecule is CCCCCCCCCCCCCCCCCC(N)CCC[Si](O)(O)O. The molecule has 4 nitrogen and oxygen atoms in total. The minimum absolute atomic E-state index is 0.111. The molecule has 0 aromatic rings. The third-order valence-corrected chi connectivity index (χ3v) is 6.29. The van der Waals surface area contributed by atoms with Gasteiger partial charge in [0.15, 0.2) is 0 Å². The molecule has 0 aliphatic heterocycles. The highest BCUT2D eigenvalue weighted by atomic mass is 28.4. The summed E-state index contributed by atoms with van der Waals surface area (Å²) in [7, 11) is -3.85. The van der Waals surface area contributed by atoms with E-state index in [1.54, 1.807) is 0 Å². The molecule has 5 N–H and O–H groups in total. The van der Waals surface area contributed by atoms with Gasteiger partial charge in [-0.25, -0.2) is 0 Å². The van der Waals surface area contributed by atoms with E-state index in [1.165, 1.54) is 96.3 Å². The van der Waals surface area contributed by atoms with Crippen LogP contribution in [0.25, 0.3) is 0 Å². The molecule has 0 radical (unpaired) electrons. The highest BCUT2D eigenvalue weighted by molar-refractivity contribution is 6.56. The van der Waals surface area contributed by atoms with E-state index in [-0.39, 0.29) is 12.1 Å². The van der Waals surface area contributed by atoms with Gasteiger partial charge in [0, 0.05) is 12.1 Å². The normalized spacial score (nSPS) is 13.3. The first-order valence-electron chi connectivity index (χ1n) is 11.4. The lowest BCUT2D eigenvalue weighted by molar-refractivity contribution is 0.225. The van der Waals surface area contributed by atoms with Gasteiger partial charge in [0.05, 0.1) is 0 Å². The zero-order chi connectivity index (χ0) is 19.5. The number of hydrogen-bond donors (Lipinski definition) is 4. The van der Waals surface area contributed by atoms with Crippen LogP contribution < -0.4 is 5.73 Å². The van der Waals surface area contributed by atoms with E-state index in [0.717, 1.165) is 12.8 Å². The van der Waals surface area contributed by atoms with Gasteiger partial charge in [-0.15, -0.1) is 0 Å². The Bertz CT molecular complexity index is 285. The van der Waals surface area contributed by atoms with Crippen LogP contribution in [0, 0.1) is 0 Å². The molecule has 0 fully saturated rings. The lowest BCUT2D eigenvalue weighted by atomic mass is 10.0. The van der Waals surface area contributed by atoms with Crippen molar-refractivity contribution < 1.29 is 14.4 Å². The second-order valence-electron chi connectivity index (χ2n) is 8.17. The highest BCUT2D eigenvalue weighted by Gasteiger charge is 2.25. The molecule has 26 heavy (non-hydrogen) atoms. The van der Waals surface area contributed by atoms with E-state index >= 15 is 0 Å². The van der Waals surface area contributed by atoms with Crippen LogP contribution >= 0.6 is 0 Å². The second kappa shape index (κ2) is 18.4. The van der Waals surface area contributed by atoms with Crippen molar-refractivity contribution in [2.24, 2.45) is 5.73 Å². The van der Waals surface area contributed by atoms with Crippen molar-refractivity contribution >= 4 is 8.80 Å². The third-order valence-electron chi connectivity index (χ3n) is 5.27. The van der Waals surface area contributed by atoms with Crippen LogP contribution in [0.4, 0.5) is 0 Å². The van der Waals surface area contributed by atoms with Crippen molar-refractivity contribution in [3.63, 3.8) is 0 Å². The Morgan fingerprint density at radius 1 is 0.577 bits per heavy atom. The van der Waals surface area contributed by atoms with Crippen molar-refractivity contribution in [1.29, 1.82) is 0 Å². The van der Waals surface area contributed by atoms with Crippen LogP contribution in [0.5, 0.6) is 0 Å². The zero-order valence-corrected chi connectivity index (χ0v) is 18.4. The predicted molar refractivity (Wildman–Crippen MR) is 114 cm³/mol. The van der Waals surface area contributed by atoms with E-state index in [0.29, 0.717) is 6.42 Å². The van der Waals surface area contributed by atoms with Crippen molar-refractivity contribution in [2.75, 3.05) is 0 Å². The zero-order valence-electron chi connectivity index (χ0n) is 17.4. The van der Waals surface area contributed by atoms with Gasteiger partial charge in [-0.1, -0.05) is 103 Å². The number of hydrogen-bond acceptors (Lipinski definition) is 4. The molecule has 0 spiro atoms. The summed E-state index contributed by atoms with van der Waals surface area (Å²) in [5, 5.41) is 0. The molecule has 0 aromatic carbocycles. The summed E-state index contributed by atoms with van der Waals surface area (Å²) >= 11 is 0. The third kappa shape index (κ3) is 22.1. The standard InChI is InChI=1S/C21H47NO3Si/c1-2-3-4-5-6-7-8-9-10-11-12-13-14-15-16-18-21(22)19-17-20-26(23,24)25/h21,23-25H,2-20,22H2,1H3. The molecule has 0 amide bonds. The molecule has 158 valence electrons. The molecule has 1 unspecified atom stereocenters. The van der Waals surface area contributed by atoms with E-state index in [9.17, 15) is 0 Å². The van der Waals surface area contributed by atoms with Gasteiger partial charge in [0.25, 0.3) is 0 Å². The van der Waals surface area contributed by atoms with Crippen molar-refractivity contribution in [3.05, 3.63) is 0 Å². The van der Waals surface area contributed by atoms with Crippen LogP contribution in [0.1, 0.15) is 122 Å². The molecule has 0 aliphatic carbocycles. The average molecular weight is 390 g/mol. The first kappa shape index (κ1) is 26.1. The van der Waals surface area contributed by atoms with Gasteiger partial charge >= 0.3 is 8.80 Å². The maximum atomic E-state index is 8.96. The Morgan fingerprint density at radius 2 is 0.923 bits per heavy atom. The summed E-state index contributed by atoms with van der Waals surface area (Å²) in [5.41, 5.74) is 6.03. The summed E-state index contributed by atoms with van der Waals surface area (Å²) < 4.78 is 0.